The second-order valence-electron chi connectivity index (χ2n) is 7.07. The van der Waals surface area contributed by atoms with Crippen LogP contribution in [0.4, 0.5) is 0 Å². The Morgan fingerprint density at radius 3 is 2.64 bits per heavy atom. The molecule has 22 heavy (non-hydrogen) atoms. The number of aryl methyl sites for hydroxylation is 1. The Hall–Kier alpha value is -1.43. The number of carbonyl (C=O) groups is 1. The van der Waals surface area contributed by atoms with Crippen LogP contribution in [0.15, 0.2) is 4.52 Å². The van der Waals surface area contributed by atoms with Crippen molar-refractivity contribution in [2.45, 2.75) is 57.5 Å². The molecule has 6 nitrogen and oxygen atoms in total. The van der Waals surface area contributed by atoms with Crippen molar-refractivity contribution in [2.75, 3.05) is 13.1 Å². The molecule has 2 aliphatic carbocycles. The van der Waals surface area contributed by atoms with E-state index in [0.717, 1.165) is 37.0 Å². The summed E-state index contributed by atoms with van der Waals surface area (Å²) in [4.78, 5) is 19.0. The molecule has 3 fully saturated rings. The summed E-state index contributed by atoms with van der Waals surface area (Å²) in [5.74, 6) is 2.96. The van der Waals surface area contributed by atoms with Crippen LogP contribution < -0.4 is 5.32 Å². The number of nitrogens with zero attached hydrogens (tertiary/aromatic N) is 3. The molecule has 0 radical (unpaired) electrons. The maximum absolute atomic E-state index is 12.4. The first-order valence-electron chi connectivity index (χ1n) is 8.54. The van der Waals surface area contributed by atoms with E-state index in [0.29, 0.717) is 18.5 Å². The van der Waals surface area contributed by atoms with Crippen molar-refractivity contribution in [3.8, 4) is 0 Å². The maximum atomic E-state index is 12.4. The van der Waals surface area contributed by atoms with Gasteiger partial charge in [0, 0.05) is 13.0 Å². The number of likely N-dealkylation sites (tertiary alicyclic amines) is 1. The molecule has 1 N–H and O–H groups in total. The van der Waals surface area contributed by atoms with Crippen molar-refractivity contribution in [3.05, 3.63) is 11.7 Å². The van der Waals surface area contributed by atoms with Crippen LogP contribution in [0.3, 0.4) is 0 Å². The number of hydrogen-bond donors (Lipinski definition) is 1. The summed E-state index contributed by atoms with van der Waals surface area (Å²) in [5.41, 5.74) is 0. The smallest absolute Gasteiger partial charge is 0.234 e. The lowest BCUT2D eigenvalue weighted by atomic mass is 10.1. The van der Waals surface area contributed by atoms with Gasteiger partial charge >= 0.3 is 0 Å². The zero-order valence-corrected chi connectivity index (χ0v) is 13.1. The highest BCUT2D eigenvalue weighted by Crippen LogP contribution is 2.44. The Bertz CT molecular complexity index is 538. The third-order valence-electron chi connectivity index (χ3n) is 5.14. The average molecular weight is 304 g/mol. The van der Waals surface area contributed by atoms with Gasteiger partial charge in [0.15, 0.2) is 5.82 Å². The average Bonchev–Trinajstić information content (AvgIpc) is 3.41. The van der Waals surface area contributed by atoms with Gasteiger partial charge in [-0.15, -0.1) is 0 Å². The van der Waals surface area contributed by atoms with E-state index < -0.39 is 0 Å². The number of amides is 1. The quantitative estimate of drug-likeness (QED) is 0.868. The number of hydrogen-bond acceptors (Lipinski definition) is 5. The summed E-state index contributed by atoms with van der Waals surface area (Å²) in [5, 5.41) is 7.33. The highest BCUT2D eigenvalue weighted by molar-refractivity contribution is 5.78. The van der Waals surface area contributed by atoms with Crippen LogP contribution in [0.25, 0.3) is 0 Å². The van der Waals surface area contributed by atoms with E-state index in [2.05, 4.69) is 20.4 Å². The lowest BCUT2D eigenvalue weighted by molar-refractivity contribution is -0.123. The molecule has 120 valence electrons. The summed E-state index contributed by atoms with van der Waals surface area (Å²) in [6.07, 6.45) is 7.23. The molecule has 1 aromatic rings. The first-order chi connectivity index (χ1) is 10.7. The summed E-state index contributed by atoms with van der Waals surface area (Å²) >= 11 is 0. The largest absolute Gasteiger partial charge is 0.352 e. The van der Waals surface area contributed by atoms with Gasteiger partial charge in [0.1, 0.15) is 0 Å². The van der Waals surface area contributed by atoms with Gasteiger partial charge in [0.2, 0.25) is 11.8 Å². The van der Waals surface area contributed by atoms with E-state index in [-0.39, 0.29) is 11.9 Å². The molecule has 1 saturated heterocycles. The molecule has 1 amide bonds. The minimum absolute atomic E-state index is 0.128. The van der Waals surface area contributed by atoms with Crippen LogP contribution >= 0.6 is 0 Å². The van der Waals surface area contributed by atoms with Gasteiger partial charge < -0.3 is 9.84 Å². The minimum atomic E-state index is 0.128. The minimum Gasteiger partial charge on any atom is -0.352 e. The third kappa shape index (κ3) is 3.02. The van der Waals surface area contributed by atoms with Gasteiger partial charge in [-0.3, -0.25) is 9.69 Å². The van der Waals surface area contributed by atoms with Crippen molar-refractivity contribution in [3.63, 3.8) is 0 Å². The van der Waals surface area contributed by atoms with Crippen LogP contribution in [0.1, 0.15) is 56.3 Å². The summed E-state index contributed by atoms with van der Waals surface area (Å²) in [6.45, 7) is 3.19. The fraction of sp³-hybridized carbons (Fsp3) is 0.812. The first kappa shape index (κ1) is 14.2. The summed E-state index contributed by atoms with van der Waals surface area (Å²) in [6, 6.07) is 0.560. The van der Waals surface area contributed by atoms with E-state index in [1.54, 1.807) is 6.92 Å². The number of nitrogens with one attached hydrogen (secondary N) is 1. The van der Waals surface area contributed by atoms with Crippen LogP contribution in [-0.4, -0.2) is 40.1 Å². The zero-order chi connectivity index (χ0) is 15.1. The van der Waals surface area contributed by atoms with Gasteiger partial charge in [0.25, 0.3) is 0 Å². The van der Waals surface area contributed by atoms with E-state index in [9.17, 15) is 4.79 Å². The molecule has 2 heterocycles. The maximum Gasteiger partial charge on any atom is 0.234 e. The molecular formula is C16H24N4O2. The highest BCUT2D eigenvalue weighted by Gasteiger charge is 2.42. The molecule has 0 spiro atoms. The molecule has 1 atom stereocenters. The van der Waals surface area contributed by atoms with Gasteiger partial charge in [-0.2, -0.15) is 4.98 Å². The topological polar surface area (TPSA) is 71.3 Å². The van der Waals surface area contributed by atoms with Crippen molar-refractivity contribution in [2.24, 2.45) is 11.8 Å². The Kier molecular flexibility index (Phi) is 3.64. The normalized spacial score (nSPS) is 25.8. The zero-order valence-electron chi connectivity index (χ0n) is 13.1. The van der Waals surface area contributed by atoms with E-state index >= 15 is 0 Å². The molecule has 0 aromatic carbocycles. The van der Waals surface area contributed by atoms with Crippen LogP contribution in [0, 0.1) is 18.8 Å². The monoisotopic (exact) mass is 304 g/mol. The van der Waals surface area contributed by atoms with Crippen LogP contribution in [0.2, 0.25) is 0 Å². The SMILES string of the molecule is Cc1nc([C@@H]2CCCN2CC(=O)NC(C2CC2)C2CC2)no1. The van der Waals surface area contributed by atoms with E-state index in [1.165, 1.54) is 25.7 Å². The standard InChI is InChI=1S/C16H24N4O2/c1-10-17-16(19-22-10)13-3-2-8-20(13)9-14(21)18-15(11-4-5-11)12-6-7-12/h11-13,15H,2-9H2,1H3,(H,18,21)/t13-/m0/s1. The molecule has 2 saturated carbocycles. The summed E-state index contributed by atoms with van der Waals surface area (Å²) < 4.78 is 5.09. The molecule has 0 unspecified atom stereocenters. The Balaban J connectivity index is 1.36. The highest BCUT2D eigenvalue weighted by atomic mass is 16.5. The third-order valence-corrected chi connectivity index (χ3v) is 5.14. The van der Waals surface area contributed by atoms with Crippen LogP contribution in [-0.2, 0) is 4.79 Å². The second kappa shape index (κ2) is 5.65. The number of carbonyl (C=O) groups excluding carboxylic acids is 1. The van der Waals surface area contributed by atoms with Crippen molar-refractivity contribution in [1.29, 1.82) is 0 Å². The second-order valence-corrected chi connectivity index (χ2v) is 7.07. The molecule has 1 aliphatic heterocycles. The lowest BCUT2D eigenvalue weighted by Crippen LogP contribution is -2.44. The van der Waals surface area contributed by atoms with E-state index in [1.807, 2.05) is 0 Å². The van der Waals surface area contributed by atoms with Gasteiger partial charge in [-0.05, 0) is 56.9 Å². The fourth-order valence-corrected chi connectivity index (χ4v) is 3.71. The fourth-order valence-electron chi connectivity index (χ4n) is 3.71. The Morgan fingerprint density at radius 1 is 1.32 bits per heavy atom. The molecule has 3 aliphatic rings. The van der Waals surface area contributed by atoms with Gasteiger partial charge in [0.05, 0.1) is 12.6 Å². The summed E-state index contributed by atoms with van der Waals surface area (Å²) in [7, 11) is 0. The van der Waals surface area contributed by atoms with Crippen molar-refractivity contribution in [1.82, 2.24) is 20.4 Å². The molecule has 0 bridgehead atoms. The van der Waals surface area contributed by atoms with Gasteiger partial charge in [-0.25, -0.2) is 0 Å². The van der Waals surface area contributed by atoms with Crippen LogP contribution in [0.5, 0.6) is 0 Å². The lowest BCUT2D eigenvalue weighted by Gasteiger charge is -2.24. The van der Waals surface area contributed by atoms with Crippen molar-refractivity contribution < 1.29 is 9.32 Å². The Labute approximate surface area is 130 Å². The predicted molar refractivity (Wildman–Crippen MR) is 80.0 cm³/mol. The Morgan fingerprint density at radius 2 is 2.05 bits per heavy atom. The predicted octanol–water partition coefficient (Wildman–Crippen LogP) is 1.82. The molecule has 4 rings (SSSR count). The van der Waals surface area contributed by atoms with E-state index in [4.69, 9.17) is 4.52 Å². The molecule has 1 aromatic heterocycles. The number of rotatable bonds is 6. The number of aromatic nitrogens is 2. The van der Waals surface area contributed by atoms with Crippen molar-refractivity contribution >= 4 is 5.91 Å². The molecular weight excluding hydrogens is 280 g/mol. The molecule has 6 heteroatoms. The first-order valence-corrected chi connectivity index (χ1v) is 8.54. The van der Waals surface area contributed by atoms with Gasteiger partial charge in [-0.1, -0.05) is 5.16 Å².